The summed E-state index contributed by atoms with van der Waals surface area (Å²) in [7, 11) is 0. The van der Waals surface area contributed by atoms with Gasteiger partial charge in [0.15, 0.2) is 10.9 Å². The molecule has 0 saturated carbocycles. The van der Waals surface area contributed by atoms with Crippen molar-refractivity contribution in [2.75, 3.05) is 26.3 Å². The van der Waals surface area contributed by atoms with E-state index in [2.05, 4.69) is 4.99 Å². The van der Waals surface area contributed by atoms with Gasteiger partial charge in [0, 0.05) is 18.8 Å². The molecule has 3 heterocycles. The van der Waals surface area contributed by atoms with Gasteiger partial charge in [0.25, 0.3) is 0 Å². The van der Waals surface area contributed by atoms with Crippen molar-refractivity contribution in [1.82, 2.24) is 9.80 Å². The number of carbonyl (C=O) groups is 2. The van der Waals surface area contributed by atoms with Gasteiger partial charge in [0.05, 0.1) is 37.4 Å². The van der Waals surface area contributed by atoms with Crippen LogP contribution in [0.25, 0.3) is 0 Å². The summed E-state index contributed by atoms with van der Waals surface area (Å²) in [4.78, 5) is 33.6. The van der Waals surface area contributed by atoms with E-state index in [4.69, 9.17) is 14.2 Å². The number of rotatable bonds is 7. The fourth-order valence-corrected chi connectivity index (χ4v) is 5.64. The molecule has 12 heteroatoms. The SMILES string of the molecule is CC(C)OC(=O)C1=C(C(F)(F)F)N=C2SC=C(CC(=O)N3CCOCC3)N2C1c1cccc(Oc2ccccc2)c1. The predicted molar refractivity (Wildman–Crippen MR) is 147 cm³/mol. The van der Waals surface area contributed by atoms with Gasteiger partial charge in [-0.1, -0.05) is 42.1 Å². The second-order valence-corrected chi connectivity index (χ2v) is 10.6. The summed E-state index contributed by atoms with van der Waals surface area (Å²) < 4.78 is 59.9. The van der Waals surface area contributed by atoms with E-state index in [-0.39, 0.29) is 17.5 Å². The van der Waals surface area contributed by atoms with E-state index >= 15 is 0 Å². The van der Waals surface area contributed by atoms with Crippen LogP contribution in [-0.4, -0.2) is 65.4 Å². The summed E-state index contributed by atoms with van der Waals surface area (Å²) >= 11 is 0.977. The molecule has 3 aliphatic heterocycles. The number of fused-ring (bicyclic) bond motifs is 1. The molecule has 1 saturated heterocycles. The number of para-hydroxylation sites is 1. The van der Waals surface area contributed by atoms with Crippen LogP contribution in [0.5, 0.6) is 11.5 Å². The lowest BCUT2D eigenvalue weighted by molar-refractivity contribution is -0.145. The minimum atomic E-state index is -4.94. The number of morpholine rings is 1. The number of allylic oxidation sites excluding steroid dienone is 1. The maximum absolute atomic E-state index is 14.4. The number of esters is 1. The predicted octanol–water partition coefficient (Wildman–Crippen LogP) is 5.80. The Bertz CT molecular complexity index is 1400. The van der Waals surface area contributed by atoms with E-state index in [1.807, 2.05) is 6.07 Å². The Morgan fingerprint density at radius 3 is 2.46 bits per heavy atom. The summed E-state index contributed by atoms with van der Waals surface area (Å²) in [6, 6.07) is 14.2. The van der Waals surface area contributed by atoms with Gasteiger partial charge in [-0.15, -0.1) is 0 Å². The number of hydrogen-bond donors (Lipinski definition) is 0. The second kappa shape index (κ2) is 12.0. The minimum Gasteiger partial charge on any atom is -0.459 e. The molecular formula is C29H28F3N3O5S. The molecule has 1 amide bonds. The first kappa shape index (κ1) is 28.7. The Labute approximate surface area is 239 Å². The van der Waals surface area contributed by atoms with Crippen molar-refractivity contribution in [2.45, 2.75) is 38.6 Å². The lowest BCUT2D eigenvalue weighted by Gasteiger charge is -2.37. The van der Waals surface area contributed by atoms with Gasteiger partial charge in [-0.3, -0.25) is 4.79 Å². The van der Waals surface area contributed by atoms with E-state index in [1.54, 1.807) is 72.7 Å². The molecule has 5 rings (SSSR count). The molecule has 41 heavy (non-hydrogen) atoms. The van der Waals surface area contributed by atoms with Crippen molar-refractivity contribution >= 4 is 28.8 Å². The molecular weight excluding hydrogens is 559 g/mol. The lowest BCUT2D eigenvalue weighted by Crippen LogP contribution is -2.43. The van der Waals surface area contributed by atoms with Crippen LogP contribution in [-0.2, 0) is 19.1 Å². The summed E-state index contributed by atoms with van der Waals surface area (Å²) in [5.41, 5.74) is -1.20. The average molecular weight is 588 g/mol. The van der Waals surface area contributed by atoms with E-state index in [0.29, 0.717) is 49.1 Å². The molecule has 2 aromatic carbocycles. The molecule has 8 nitrogen and oxygen atoms in total. The van der Waals surface area contributed by atoms with Crippen molar-refractivity contribution in [3.63, 3.8) is 0 Å². The topological polar surface area (TPSA) is 80.7 Å². The molecule has 0 aliphatic carbocycles. The number of amides is 1. The molecule has 3 aliphatic rings. The van der Waals surface area contributed by atoms with Gasteiger partial charge < -0.3 is 24.0 Å². The number of halogens is 3. The van der Waals surface area contributed by atoms with Crippen LogP contribution in [0.15, 0.2) is 82.0 Å². The molecule has 0 bridgehead atoms. The Morgan fingerprint density at radius 1 is 1.07 bits per heavy atom. The largest absolute Gasteiger partial charge is 0.459 e. The van der Waals surface area contributed by atoms with Crippen LogP contribution in [0, 0.1) is 0 Å². The quantitative estimate of drug-likeness (QED) is 0.379. The maximum Gasteiger partial charge on any atom is 0.434 e. The van der Waals surface area contributed by atoms with Crippen molar-refractivity contribution in [2.24, 2.45) is 4.99 Å². The highest BCUT2D eigenvalue weighted by Crippen LogP contribution is 2.48. The fourth-order valence-electron chi connectivity index (χ4n) is 4.72. The van der Waals surface area contributed by atoms with Crippen molar-refractivity contribution in [3.05, 3.63) is 82.5 Å². The molecule has 0 aromatic heterocycles. The summed E-state index contributed by atoms with van der Waals surface area (Å²) in [5.74, 6) is -0.428. The van der Waals surface area contributed by atoms with E-state index < -0.39 is 35.6 Å². The molecule has 0 spiro atoms. The van der Waals surface area contributed by atoms with Crippen LogP contribution in [0.4, 0.5) is 13.2 Å². The minimum absolute atomic E-state index is 0.0163. The monoisotopic (exact) mass is 587 g/mol. The van der Waals surface area contributed by atoms with Gasteiger partial charge in [0.1, 0.15) is 11.5 Å². The molecule has 0 radical (unpaired) electrons. The van der Waals surface area contributed by atoms with Crippen LogP contribution >= 0.6 is 11.8 Å². The number of thioether (sulfide) groups is 1. The van der Waals surface area contributed by atoms with Crippen LogP contribution in [0.1, 0.15) is 31.9 Å². The highest BCUT2D eigenvalue weighted by atomic mass is 32.2. The third kappa shape index (κ3) is 6.43. The van der Waals surface area contributed by atoms with Gasteiger partial charge in [-0.2, -0.15) is 13.2 Å². The molecule has 1 fully saturated rings. The van der Waals surface area contributed by atoms with Crippen LogP contribution in [0.3, 0.4) is 0 Å². The van der Waals surface area contributed by atoms with Gasteiger partial charge in [-0.25, -0.2) is 9.79 Å². The molecule has 1 atom stereocenters. The number of hydrogen-bond acceptors (Lipinski definition) is 8. The molecule has 2 aromatic rings. The van der Waals surface area contributed by atoms with E-state index in [1.165, 1.54) is 4.90 Å². The zero-order valence-electron chi connectivity index (χ0n) is 22.4. The van der Waals surface area contributed by atoms with Crippen molar-refractivity contribution < 1.29 is 37.0 Å². The number of aliphatic imine (C=N–C) groups is 1. The van der Waals surface area contributed by atoms with Crippen molar-refractivity contribution in [3.8, 4) is 11.5 Å². The third-order valence-electron chi connectivity index (χ3n) is 6.49. The standard InChI is InChI=1S/C29H28F3N3O5S/c1-18(2)39-27(37)24-25(19-7-6-10-22(15-19)40-21-8-4-3-5-9-21)35-20(16-23(36)34-11-13-38-14-12-34)17-41-28(35)33-26(24)29(30,31)32/h3-10,15,17-18,25H,11-14,16H2,1-2H3. The first-order valence-electron chi connectivity index (χ1n) is 13.1. The first-order chi connectivity index (χ1) is 19.6. The van der Waals surface area contributed by atoms with Gasteiger partial charge >= 0.3 is 12.1 Å². The number of alkyl halides is 3. The smallest absolute Gasteiger partial charge is 0.434 e. The van der Waals surface area contributed by atoms with Crippen molar-refractivity contribution in [1.29, 1.82) is 0 Å². The normalized spacial score (nSPS) is 19.1. The summed E-state index contributed by atoms with van der Waals surface area (Å²) in [5, 5.41) is 1.63. The Morgan fingerprint density at radius 2 is 1.78 bits per heavy atom. The average Bonchev–Trinajstić information content (AvgIpc) is 3.34. The summed E-state index contributed by atoms with van der Waals surface area (Å²) in [6.07, 6.45) is -5.70. The highest BCUT2D eigenvalue weighted by molar-refractivity contribution is 8.16. The van der Waals surface area contributed by atoms with Crippen LogP contribution in [0.2, 0.25) is 0 Å². The zero-order valence-corrected chi connectivity index (χ0v) is 23.2. The number of carbonyl (C=O) groups excluding carboxylic acids is 2. The highest BCUT2D eigenvalue weighted by Gasteiger charge is 2.49. The molecule has 0 N–H and O–H groups in total. The number of benzene rings is 2. The first-order valence-corrected chi connectivity index (χ1v) is 13.9. The molecule has 216 valence electrons. The van der Waals surface area contributed by atoms with E-state index in [0.717, 1.165) is 11.8 Å². The molecule has 1 unspecified atom stereocenters. The van der Waals surface area contributed by atoms with Gasteiger partial charge in [0.2, 0.25) is 5.91 Å². The van der Waals surface area contributed by atoms with E-state index in [9.17, 15) is 22.8 Å². The zero-order chi connectivity index (χ0) is 29.1. The Kier molecular flexibility index (Phi) is 8.41. The second-order valence-electron chi connectivity index (χ2n) is 9.77. The lowest BCUT2D eigenvalue weighted by atomic mass is 9.93. The number of ether oxygens (including phenoxy) is 3. The number of nitrogens with zero attached hydrogens (tertiary/aromatic N) is 3. The number of amidine groups is 1. The Hall–Kier alpha value is -3.77. The summed E-state index contributed by atoms with van der Waals surface area (Å²) in [6.45, 7) is 4.79. The Balaban J connectivity index is 1.58. The maximum atomic E-state index is 14.4. The van der Waals surface area contributed by atoms with Crippen LogP contribution < -0.4 is 4.74 Å². The fraction of sp³-hybridized carbons (Fsp3) is 0.345. The van der Waals surface area contributed by atoms with Gasteiger partial charge in [-0.05, 0) is 49.1 Å². The third-order valence-corrected chi connectivity index (χ3v) is 7.38.